The van der Waals surface area contributed by atoms with Crippen LogP contribution in [-0.4, -0.2) is 58.2 Å². The van der Waals surface area contributed by atoms with Crippen LogP contribution in [0, 0.1) is 13.8 Å². The highest BCUT2D eigenvalue weighted by Gasteiger charge is 2.36. The summed E-state index contributed by atoms with van der Waals surface area (Å²) in [6, 6.07) is 5.26. The molecule has 25 heavy (non-hydrogen) atoms. The highest BCUT2D eigenvalue weighted by Crippen LogP contribution is 2.26. The third kappa shape index (κ3) is 4.39. The lowest BCUT2D eigenvalue weighted by molar-refractivity contribution is -0.118. The van der Waals surface area contributed by atoms with Gasteiger partial charge >= 0.3 is 0 Å². The molecule has 1 aromatic rings. The molecule has 1 saturated heterocycles. The molecular formula is C16H24N2O5S2. The van der Waals surface area contributed by atoms with E-state index in [1.54, 1.807) is 19.1 Å². The second-order valence-corrected chi connectivity index (χ2v) is 10.5. The number of hydrogen-bond donors (Lipinski definition) is 1. The maximum atomic E-state index is 12.9. The van der Waals surface area contributed by atoms with Crippen molar-refractivity contribution in [3.8, 4) is 0 Å². The fourth-order valence-electron chi connectivity index (χ4n) is 2.93. The van der Waals surface area contributed by atoms with Crippen molar-refractivity contribution in [3.63, 3.8) is 0 Å². The van der Waals surface area contributed by atoms with Crippen molar-refractivity contribution in [3.05, 3.63) is 29.3 Å². The second-order valence-electron chi connectivity index (χ2n) is 6.35. The van der Waals surface area contributed by atoms with Gasteiger partial charge in [-0.3, -0.25) is 4.79 Å². The van der Waals surface area contributed by atoms with Crippen molar-refractivity contribution in [1.29, 1.82) is 0 Å². The highest BCUT2D eigenvalue weighted by atomic mass is 32.2. The van der Waals surface area contributed by atoms with Crippen molar-refractivity contribution in [2.45, 2.75) is 36.8 Å². The van der Waals surface area contributed by atoms with E-state index >= 15 is 0 Å². The zero-order chi connectivity index (χ0) is 18.8. The molecule has 140 valence electrons. The minimum absolute atomic E-state index is 0.132. The lowest BCUT2D eigenvalue weighted by Crippen LogP contribution is -2.44. The van der Waals surface area contributed by atoms with Crippen LogP contribution in [0.4, 0.5) is 0 Å². The van der Waals surface area contributed by atoms with Crippen LogP contribution in [0.5, 0.6) is 0 Å². The van der Waals surface area contributed by atoms with E-state index in [0.29, 0.717) is 5.56 Å². The van der Waals surface area contributed by atoms with Gasteiger partial charge in [0.2, 0.25) is 15.9 Å². The summed E-state index contributed by atoms with van der Waals surface area (Å²) in [6.45, 7) is 3.84. The number of nitrogens with zero attached hydrogens (tertiary/aromatic N) is 1. The van der Waals surface area contributed by atoms with Gasteiger partial charge in [-0.2, -0.15) is 4.31 Å². The van der Waals surface area contributed by atoms with Crippen LogP contribution in [0.2, 0.25) is 0 Å². The maximum absolute atomic E-state index is 12.9. The molecule has 9 heteroatoms. The number of carbonyl (C=O) groups is 1. The number of aryl methyl sites for hydroxylation is 2. The summed E-state index contributed by atoms with van der Waals surface area (Å²) >= 11 is 0. The van der Waals surface area contributed by atoms with Gasteiger partial charge in [0.15, 0.2) is 9.84 Å². The Morgan fingerprint density at radius 3 is 2.32 bits per heavy atom. The first-order valence-corrected chi connectivity index (χ1v) is 11.2. The van der Waals surface area contributed by atoms with Crippen LogP contribution >= 0.6 is 0 Å². The van der Waals surface area contributed by atoms with Gasteiger partial charge in [0.1, 0.15) is 5.75 Å². The van der Waals surface area contributed by atoms with Gasteiger partial charge in [-0.05, 0) is 43.9 Å². The summed E-state index contributed by atoms with van der Waals surface area (Å²) in [5.41, 5.74) is 1.52. The molecule has 0 unspecified atom stereocenters. The van der Waals surface area contributed by atoms with Crippen LogP contribution in [0.3, 0.4) is 0 Å². The van der Waals surface area contributed by atoms with E-state index < -0.39 is 36.8 Å². The maximum Gasteiger partial charge on any atom is 0.243 e. The Morgan fingerprint density at radius 1 is 1.16 bits per heavy atom. The Balaban J connectivity index is 2.14. The van der Waals surface area contributed by atoms with Crippen molar-refractivity contribution in [2.24, 2.45) is 0 Å². The third-order valence-corrected chi connectivity index (χ3v) is 8.67. The lowest BCUT2D eigenvalue weighted by atomic mass is 10.2. The van der Waals surface area contributed by atoms with Gasteiger partial charge in [-0.25, -0.2) is 16.8 Å². The number of sulfone groups is 1. The molecule has 1 aliphatic rings. The predicted molar refractivity (Wildman–Crippen MR) is 95.6 cm³/mol. The van der Waals surface area contributed by atoms with Gasteiger partial charge in [-0.1, -0.05) is 12.1 Å². The molecule has 0 atom stereocenters. The number of sulfonamides is 1. The molecule has 1 aliphatic heterocycles. The van der Waals surface area contributed by atoms with Crippen LogP contribution in [-0.2, 0) is 24.7 Å². The van der Waals surface area contributed by atoms with Crippen LogP contribution in [0.25, 0.3) is 0 Å². The molecule has 1 amide bonds. The van der Waals surface area contributed by atoms with E-state index in [-0.39, 0.29) is 30.8 Å². The summed E-state index contributed by atoms with van der Waals surface area (Å²) in [4.78, 5) is 11.6. The Labute approximate surface area is 149 Å². The van der Waals surface area contributed by atoms with Gasteiger partial charge < -0.3 is 5.32 Å². The first-order chi connectivity index (χ1) is 11.6. The number of nitrogens with one attached hydrogen (secondary N) is 1. The van der Waals surface area contributed by atoms with E-state index in [9.17, 15) is 21.6 Å². The first-order valence-electron chi connectivity index (χ1n) is 8.07. The first kappa shape index (κ1) is 19.9. The fraction of sp³-hybridized carbons (Fsp3) is 0.562. The summed E-state index contributed by atoms with van der Waals surface area (Å²) in [7, 11) is -5.84. The predicted octanol–water partition coefficient (Wildman–Crippen LogP) is 0.617. The summed E-state index contributed by atoms with van der Waals surface area (Å²) in [5.74, 6) is -1.11. The standard InChI is InChI=1S/C16H24N2O5S2/c1-12-4-5-13(2)15(10-12)25(22,23)18-8-6-14(7-9-18)24(20,21)11-16(19)17-3/h4-5,10,14H,6-9,11H2,1-3H3,(H,17,19). The number of carbonyl (C=O) groups excluding carboxylic acids is 1. The average molecular weight is 389 g/mol. The Hall–Kier alpha value is -1.45. The number of piperidine rings is 1. The number of rotatable bonds is 5. The number of amides is 1. The minimum atomic E-state index is -3.65. The normalized spacial score (nSPS) is 17.4. The zero-order valence-corrected chi connectivity index (χ0v) is 16.3. The molecule has 0 aromatic heterocycles. The summed E-state index contributed by atoms with van der Waals surface area (Å²) in [5, 5.41) is 1.62. The van der Waals surface area contributed by atoms with Crippen LogP contribution in [0.1, 0.15) is 24.0 Å². The Kier molecular flexibility index (Phi) is 5.90. The largest absolute Gasteiger partial charge is 0.358 e. The smallest absolute Gasteiger partial charge is 0.243 e. The minimum Gasteiger partial charge on any atom is -0.358 e. The zero-order valence-electron chi connectivity index (χ0n) is 14.6. The molecule has 0 radical (unpaired) electrons. The molecule has 1 aromatic carbocycles. The Morgan fingerprint density at radius 2 is 1.76 bits per heavy atom. The highest BCUT2D eigenvalue weighted by molar-refractivity contribution is 7.92. The topological polar surface area (TPSA) is 101 Å². The van der Waals surface area contributed by atoms with Crippen LogP contribution < -0.4 is 5.32 Å². The van der Waals surface area contributed by atoms with Crippen molar-refractivity contribution >= 4 is 25.8 Å². The molecule has 1 heterocycles. The van der Waals surface area contributed by atoms with Gasteiger partial charge in [0, 0.05) is 20.1 Å². The van der Waals surface area contributed by atoms with Gasteiger partial charge in [-0.15, -0.1) is 0 Å². The Bertz CT molecular complexity index is 855. The van der Waals surface area contributed by atoms with Crippen LogP contribution in [0.15, 0.2) is 23.1 Å². The summed E-state index contributed by atoms with van der Waals surface area (Å²) in [6.07, 6.45) is 0.396. The average Bonchev–Trinajstić information content (AvgIpc) is 2.56. The molecule has 0 bridgehead atoms. The molecule has 0 spiro atoms. The molecule has 0 saturated carbocycles. The molecule has 7 nitrogen and oxygen atoms in total. The lowest BCUT2D eigenvalue weighted by Gasteiger charge is -2.31. The van der Waals surface area contributed by atoms with Crippen molar-refractivity contribution in [1.82, 2.24) is 9.62 Å². The number of hydrogen-bond acceptors (Lipinski definition) is 5. The summed E-state index contributed by atoms with van der Waals surface area (Å²) < 4.78 is 51.5. The fourth-order valence-corrected chi connectivity index (χ4v) is 6.38. The van der Waals surface area contributed by atoms with Crippen molar-refractivity contribution in [2.75, 3.05) is 25.9 Å². The SMILES string of the molecule is CNC(=O)CS(=O)(=O)C1CCN(S(=O)(=O)c2cc(C)ccc2C)CC1. The van der Waals surface area contributed by atoms with Gasteiger partial charge in [0.05, 0.1) is 10.1 Å². The number of benzene rings is 1. The van der Waals surface area contributed by atoms with E-state index in [0.717, 1.165) is 5.56 Å². The van der Waals surface area contributed by atoms with E-state index in [1.165, 1.54) is 11.4 Å². The molecule has 2 rings (SSSR count). The van der Waals surface area contributed by atoms with E-state index in [4.69, 9.17) is 0 Å². The molecule has 1 fully saturated rings. The van der Waals surface area contributed by atoms with E-state index in [2.05, 4.69) is 5.32 Å². The van der Waals surface area contributed by atoms with Gasteiger partial charge in [0.25, 0.3) is 0 Å². The third-order valence-electron chi connectivity index (χ3n) is 4.48. The monoisotopic (exact) mass is 388 g/mol. The molecular weight excluding hydrogens is 364 g/mol. The van der Waals surface area contributed by atoms with Crippen molar-refractivity contribution < 1.29 is 21.6 Å². The second kappa shape index (κ2) is 7.43. The molecule has 0 aliphatic carbocycles. The van der Waals surface area contributed by atoms with E-state index in [1.807, 2.05) is 13.0 Å². The quantitative estimate of drug-likeness (QED) is 0.797. The molecule has 1 N–H and O–H groups in total.